The smallest absolute Gasteiger partial charge is 0.310 e. The SMILES string of the molecule is CCC(=O)Oc1cc(O)c([C@H]2CCN(C)CC2O[Si](C)(C)C(C)(C)C)c2oc(-c3ccccc3Cl)cc(=O)c12. The normalized spacial score (nSPS) is 18.9. The van der Waals surface area contributed by atoms with Crippen molar-refractivity contribution in [2.24, 2.45) is 0 Å². The Kier molecular flexibility index (Phi) is 8.33. The highest BCUT2D eigenvalue weighted by Crippen LogP contribution is 2.46. The Morgan fingerprint density at radius 3 is 2.56 bits per heavy atom. The summed E-state index contributed by atoms with van der Waals surface area (Å²) in [7, 11) is -0.134. The molecule has 1 aliphatic heterocycles. The summed E-state index contributed by atoms with van der Waals surface area (Å²) in [5.74, 6) is -0.617. The van der Waals surface area contributed by atoms with E-state index in [0.717, 1.165) is 6.54 Å². The maximum Gasteiger partial charge on any atom is 0.310 e. The van der Waals surface area contributed by atoms with Gasteiger partial charge in [-0.3, -0.25) is 9.59 Å². The fourth-order valence-electron chi connectivity index (χ4n) is 4.81. The topological polar surface area (TPSA) is 89.2 Å². The zero-order chi connectivity index (χ0) is 28.7. The van der Waals surface area contributed by atoms with Crippen molar-refractivity contribution in [3.8, 4) is 22.8 Å². The molecule has 3 aromatic rings. The monoisotopic (exact) mass is 571 g/mol. The Morgan fingerprint density at radius 2 is 1.92 bits per heavy atom. The first-order valence-corrected chi connectivity index (χ1v) is 16.7. The molecule has 1 aromatic heterocycles. The molecule has 1 N–H and O–H groups in total. The van der Waals surface area contributed by atoms with Crippen LogP contribution in [0.25, 0.3) is 22.3 Å². The van der Waals surface area contributed by atoms with Gasteiger partial charge in [0.15, 0.2) is 13.7 Å². The lowest BCUT2D eigenvalue weighted by atomic mass is 9.85. The van der Waals surface area contributed by atoms with Crippen molar-refractivity contribution in [3.63, 3.8) is 0 Å². The lowest BCUT2D eigenvalue weighted by Gasteiger charge is -2.45. The molecule has 39 heavy (non-hydrogen) atoms. The third-order valence-corrected chi connectivity index (χ3v) is 12.9. The highest BCUT2D eigenvalue weighted by atomic mass is 35.5. The van der Waals surface area contributed by atoms with Gasteiger partial charge in [-0.05, 0) is 50.3 Å². The lowest BCUT2D eigenvalue weighted by molar-refractivity contribution is -0.133. The highest BCUT2D eigenvalue weighted by molar-refractivity contribution is 6.74. The van der Waals surface area contributed by atoms with Gasteiger partial charge in [-0.25, -0.2) is 0 Å². The largest absolute Gasteiger partial charge is 0.507 e. The van der Waals surface area contributed by atoms with E-state index in [4.69, 9.17) is 25.2 Å². The van der Waals surface area contributed by atoms with Crippen LogP contribution in [0.15, 0.2) is 45.6 Å². The molecule has 1 fully saturated rings. The first kappa shape index (κ1) is 29.3. The van der Waals surface area contributed by atoms with Gasteiger partial charge >= 0.3 is 5.97 Å². The van der Waals surface area contributed by atoms with Crippen LogP contribution in [-0.2, 0) is 9.22 Å². The van der Waals surface area contributed by atoms with E-state index >= 15 is 0 Å². The molecule has 0 spiro atoms. The van der Waals surface area contributed by atoms with Gasteiger partial charge in [0.25, 0.3) is 0 Å². The molecule has 2 atom stereocenters. The third-order valence-electron chi connectivity index (χ3n) is 8.02. The number of likely N-dealkylation sites (N-methyl/N-ethyl adjacent to an activating group) is 1. The zero-order valence-corrected chi connectivity index (χ0v) is 25.5. The molecule has 9 heteroatoms. The first-order chi connectivity index (χ1) is 18.2. The lowest BCUT2D eigenvalue weighted by Crippen LogP contribution is -2.51. The molecule has 0 amide bonds. The second-order valence-corrected chi connectivity index (χ2v) is 17.0. The van der Waals surface area contributed by atoms with Gasteiger partial charge in [0.2, 0.25) is 0 Å². The number of rotatable bonds is 6. The quantitative estimate of drug-likeness (QED) is 0.195. The van der Waals surface area contributed by atoms with Crippen LogP contribution in [0.4, 0.5) is 0 Å². The maximum atomic E-state index is 13.6. The summed E-state index contributed by atoms with van der Waals surface area (Å²) < 4.78 is 18.8. The zero-order valence-electron chi connectivity index (χ0n) is 23.8. The van der Waals surface area contributed by atoms with Crippen molar-refractivity contribution in [2.45, 2.75) is 70.7 Å². The third kappa shape index (κ3) is 5.94. The molecule has 0 saturated carbocycles. The van der Waals surface area contributed by atoms with Gasteiger partial charge in [-0.1, -0.05) is 51.4 Å². The number of likely N-dealkylation sites (tertiary alicyclic amines) is 1. The number of ether oxygens (including phenoxy) is 1. The van der Waals surface area contributed by atoms with Crippen molar-refractivity contribution in [1.29, 1.82) is 0 Å². The summed E-state index contributed by atoms with van der Waals surface area (Å²) in [5, 5.41) is 12.0. The van der Waals surface area contributed by atoms with E-state index in [2.05, 4.69) is 45.8 Å². The van der Waals surface area contributed by atoms with Crippen molar-refractivity contribution in [3.05, 3.63) is 57.2 Å². The van der Waals surface area contributed by atoms with Gasteiger partial charge in [0.1, 0.15) is 28.2 Å². The van der Waals surface area contributed by atoms with Crippen molar-refractivity contribution in [2.75, 3.05) is 20.1 Å². The molecule has 1 saturated heterocycles. The average molecular weight is 572 g/mol. The van der Waals surface area contributed by atoms with E-state index in [1.165, 1.54) is 12.1 Å². The summed E-state index contributed by atoms with van der Waals surface area (Å²) in [6.45, 7) is 14.1. The summed E-state index contributed by atoms with van der Waals surface area (Å²) >= 11 is 6.45. The van der Waals surface area contributed by atoms with Gasteiger partial charge in [-0.15, -0.1) is 0 Å². The minimum absolute atomic E-state index is 0.0142. The number of phenols is 1. The number of phenolic OH excluding ortho intramolecular Hbond substituents is 1. The molecular weight excluding hydrogens is 534 g/mol. The number of carbonyl (C=O) groups is 1. The number of hydrogen-bond donors (Lipinski definition) is 1. The molecule has 2 aromatic carbocycles. The molecule has 1 unspecified atom stereocenters. The Balaban J connectivity index is 1.98. The van der Waals surface area contributed by atoms with Crippen LogP contribution in [0.3, 0.4) is 0 Å². The maximum absolute atomic E-state index is 13.6. The van der Waals surface area contributed by atoms with Crippen LogP contribution in [0.5, 0.6) is 11.5 Å². The summed E-state index contributed by atoms with van der Waals surface area (Å²) in [6, 6.07) is 9.81. The van der Waals surface area contributed by atoms with Crippen LogP contribution < -0.4 is 10.2 Å². The number of aromatic hydroxyl groups is 1. The van der Waals surface area contributed by atoms with Crippen molar-refractivity contribution in [1.82, 2.24) is 4.90 Å². The second kappa shape index (κ2) is 11.1. The van der Waals surface area contributed by atoms with Crippen LogP contribution in [0.1, 0.15) is 52.0 Å². The minimum Gasteiger partial charge on any atom is -0.507 e. The molecule has 0 aliphatic carbocycles. The average Bonchev–Trinajstić information content (AvgIpc) is 2.84. The summed E-state index contributed by atoms with van der Waals surface area (Å²) in [5.41, 5.74) is 0.844. The number of piperidine rings is 1. The standard InChI is InChI=1S/C30H38ClNO6Si/c1-8-26(35)36-24-16-21(33)27(19-13-14-32(5)17-25(19)38-39(6,7)30(2,3)4)29-28(24)22(34)15-23(37-29)18-11-9-10-12-20(18)31/h9-12,15-16,19,25,33H,8,13-14,17H2,1-7H3/t19-,25?/m0/s1. The van der Waals surface area contributed by atoms with E-state index in [1.807, 2.05) is 6.07 Å². The molecule has 0 bridgehead atoms. The van der Waals surface area contributed by atoms with Crippen LogP contribution in [-0.4, -0.2) is 50.5 Å². The fraction of sp³-hybridized carbons (Fsp3) is 0.467. The van der Waals surface area contributed by atoms with E-state index in [9.17, 15) is 14.7 Å². The van der Waals surface area contributed by atoms with E-state index in [-0.39, 0.29) is 57.1 Å². The number of nitrogens with zero attached hydrogens (tertiary/aromatic N) is 1. The predicted molar refractivity (Wildman–Crippen MR) is 157 cm³/mol. The second-order valence-electron chi connectivity index (χ2n) is 11.9. The molecule has 0 radical (unpaired) electrons. The van der Waals surface area contributed by atoms with Gasteiger partial charge in [0, 0.05) is 42.1 Å². The molecular formula is C30H38ClNO6Si. The minimum atomic E-state index is -2.19. The Hall–Kier alpha value is -2.65. The Labute approximate surface area is 235 Å². The van der Waals surface area contributed by atoms with Crippen LogP contribution >= 0.6 is 11.6 Å². The summed E-state index contributed by atoms with van der Waals surface area (Å²) in [6.07, 6.45) is 0.564. The van der Waals surface area contributed by atoms with Gasteiger partial charge in [0.05, 0.1) is 11.1 Å². The molecule has 7 nitrogen and oxygen atoms in total. The number of esters is 1. The van der Waals surface area contributed by atoms with Crippen LogP contribution in [0, 0.1) is 0 Å². The number of fused-ring (bicyclic) bond motifs is 1. The van der Waals surface area contributed by atoms with Crippen LogP contribution in [0.2, 0.25) is 23.2 Å². The Morgan fingerprint density at radius 1 is 1.23 bits per heavy atom. The number of halogens is 1. The predicted octanol–water partition coefficient (Wildman–Crippen LogP) is 6.94. The number of hydrogen-bond acceptors (Lipinski definition) is 7. The van der Waals surface area contributed by atoms with E-state index < -0.39 is 14.3 Å². The first-order valence-electron chi connectivity index (χ1n) is 13.4. The molecule has 4 rings (SSSR count). The molecule has 210 valence electrons. The fourth-order valence-corrected chi connectivity index (χ4v) is 6.39. The Bertz CT molecular complexity index is 1440. The van der Waals surface area contributed by atoms with E-state index in [1.54, 1.807) is 25.1 Å². The number of benzene rings is 2. The van der Waals surface area contributed by atoms with Crippen molar-refractivity contribution >= 4 is 36.9 Å². The van der Waals surface area contributed by atoms with Crippen molar-refractivity contribution < 1.29 is 23.5 Å². The molecule has 1 aliphatic rings. The summed E-state index contributed by atoms with van der Waals surface area (Å²) in [4.78, 5) is 28.1. The van der Waals surface area contributed by atoms with Gasteiger partial charge in [-0.2, -0.15) is 0 Å². The van der Waals surface area contributed by atoms with Gasteiger partial charge < -0.3 is 23.6 Å². The highest BCUT2D eigenvalue weighted by Gasteiger charge is 2.43. The number of carbonyl (C=O) groups excluding carboxylic acids is 1. The van der Waals surface area contributed by atoms with E-state index in [0.29, 0.717) is 29.1 Å². The molecule has 2 heterocycles.